The summed E-state index contributed by atoms with van der Waals surface area (Å²) >= 11 is 0. The number of morpholine rings is 1. The van der Waals surface area contributed by atoms with Gasteiger partial charge in [-0.25, -0.2) is 4.79 Å². The van der Waals surface area contributed by atoms with Gasteiger partial charge >= 0.3 is 18.4 Å². The van der Waals surface area contributed by atoms with E-state index in [-0.39, 0.29) is 23.2 Å². The summed E-state index contributed by atoms with van der Waals surface area (Å²) in [7, 11) is 0. The third-order valence-corrected chi connectivity index (χ3v) is 8.48. The standard InChI is InChI=1S/C34H37F6N5O3/c35-33(36,37)25-19-26(34(38,39)40)21-28(20-25)43-32(47)42-27-6-7-30(29(22-27)31(46)41-10-13-44-14-16-48-17-15-44)45-11-8-24(9-12-45)18-23-4-2-1-3-5-23/h1-7,19-22,24H,8-18H2,(H,41,46)(H2,42,43,47). The molecule has 2 saturated heterocycles. The molecule has 2 fully saturated rings. The van der Waals surface area contributed by atoms with Crippen molar-refractivity contribution >= 4 is 29.0 Å². The number of rotatable bonds is 9. The lowest BCUT2D eigenvalue weighted by Gasteiger charge is -2.35. The number of anilines is 3. The lowest BCUT2D eigenvalue weighted by molar-refractivity contribution is -0.143. The summed E-state index contributed by atoms with van der Waals surface area (Å²) in [6.07, 6.45) is -7.36. The molecule has 0 aromatic heterocycles. The van der Waals surface area contributed by atoms with Gasteiger partial charge in [-0.05, 0) is 67.1 Å². The van der Waals surface area contributed by atoms with Crippen LogP contribution in [0.4, 0.5) is 48.2 Å². The van der Waals surface area contributed by atoms with Crippen LogP contribution in [0.5, 0.6) is 0 Å². The number of piperidine rings is 1. The molecule has 48 heavy (non-hydrogen) atoms. The first-order valence-electron chi connectivity index (χ1n) is 15.7. The number of urea groups is 1. The first kappa shape index (κ1) is 35.0. The highest BCUT2D eigenvalue weighted by atomic mass is 19.4. The summed E-state index contributed by atoms with van der Waals surface area (Å²) in [6, 6.07) is 14.7. The van der Waals surface area contributed by atoms with Crippen LogP contribution in [0.15, 0.2) is 66.7 Å². The number of nitrogens with zero attached hydrogens (tertiary/aromatic N) is 2. The van der Waals surface area contributed by atoms with Crippen molar-refractivity contribution in [1.29, 1.82) is 0 Å². The molecule has 2 aliphatic rings. The molecule has 0 aliphatic carbocycles. The fourth-order valence-electron chi connectivity index (χ4n) is 5.96. The number of carbonyl (C=O) groups excluding carboxylic acids is 2. The third kappa shape index (κ3) is 9.63. The van der Waals surface area contributed by atoms with E-state index in [0.29, 0.717) is 63.1 Å². The van der Waals surface area contributed by atoms with Gasteiger partial charge in [-0.3, -0.25) is 9.69 Å². The van der Waals surface area contributed by atoms with E-state index in [0.717, 1.165) is 32.4 Å². The number of amides is 3. The van der Waals surface area contributed by atoms with E-state index in [1.54, 1.807) is 12.1 Å². The highest BCUT2D eigenvalue weighted by Gasteiger charge is 2.37. The van der Waals surface area contributed by atoms with E-state index < -0.39 is 35.2 Å². The molecular weight excluding hydrogens is 640 g/mol. The van der Waals surface area contributed by atoms with E-state index in [1.807, 2.05) is 18.2 Å². The Morgan fingerprint density at radius 3 is 2.02 bits per heavy atom. The Kier molecular flexibility index (Phi) is 11.2. The van der Waals surface area contributed by atoms with Crippen LogP contribution in [0, 0.1) is 5.92 Å². The molecule has 0 bridgehead atoms. The van der Waals surface area contributed by atoms with Crippen molar-refractivity contribution in [3.63, 3.8) is 0 Å². The molecule has 258 valence electrons. The Bertz CT molecular complexity index is 1520. The molecule has 3 aromatic carbocycles. The Balaban J connectivity index is 1.30. The number of hydrogen-bond acceptors (Lipinski definition) is 5. The third-order valence-electron chi connectivity index (χ3n) is 8.48. The fraction of sp³-hybridized carbons (Fsp3) is 0.412. The minimum absolute atomic E-state index is 0.0176. The molecule has 8 nitrogen and oxygen atoms in total. The van der Waals surface area contributed by atoms with Crippen LogP contribution in [0.2, 0.25) is 0 Å². The molecule has 0 spiro atoms. The van der Waals surface area contributed by atoms with Crippen molar-refractivity contribution < 1.29 is 40.7 Å². The zero-order chi connectivity index (χ0) is 34.3. The van der Waals surface area contributed by atoms with Crippen LogP contribution in [-0.4, -0.2) is 69.3 Å². The maximum absolute atomic E-state index is 13.5. The van der Waals surface area contributed by atoms with E-state index >= 15 is 0 Å². The maximum atomic E-state index is 13.5. The smallest absolute Gasteiger partial charge is 0.379 e. The summed E-state index contributed by atoms with van der Waals surface area (Å²) in [5.41, 5.74) is -1.45. The van der Waals surface area contributed by atoms with Crippen molar-refractivity contribution in [2.24, 2.45) is 5.92 Å². The maximum Gasteiger partial charge on any atom is 0.416 e. The molecule has 0 atom stereocenters. The predicted molar refractivity (Wildman–Crippen MR) is 170 cm³/mol. The minimum atomic E-state index is -5.07. The molecule has 0 radical (unpaired) electrons. The van der Waals surface area contributed by atoms with E-state index in [9.17, 15) is 35.9 Å². The molecule has 3 N–H and O–H groups in total. The van der Waals surface area contributed by atoms with Gasteiger partial charge in [-0.15, -0.1) is 0 Å². The zero-order valence-electron chi connectivity index (χ0n) is 26.1. The van der Waals surface area contributed by atoms with Crippen molar-refractivity contribution in [3.8, 4) is 0 Å². The van der Waals surface area contributed by atoms with Crippen LogP contribution in [0.25, 0.3) is 0 Å². The number of ether oxygens (including phenoxy) is 1. The SMILES string of the molecule is O=C(Nc1cc(C(F)(F)F)cc(C(F)(F)F)c1)Nc1ccc(N2CCC(Cc3ccccc3)CC2)c(C(=O)NCCN2CCOCC2)c1. The highest BCUT2D eigenvalue weighted by Crippen LogP contribution is 2.38. The number of alkyl halides is 6. The summed E-state index contributed by atoms with van der Waals surface area (Å²) in [6.45, 7) is 5.14. The lowest BCUT2D eigenvalue weighted by atomic mass is 9.89. The molecule has 3 aromatic rings. The molecule has 0 unspecified atom stereocenters. The quantitative estimate of drug-likeness (QED) is 0.215. The first-order valence-corrected chi connectivity index (χ1v) is 15.7. The van der Waals surface area contributed by atoms with Gasteiger partial charge < -0.3 is 25.6 Å². The second-order valence-corrected chi connectivity index (χ2v) is 11.9. The average Bonchev–Trinajstić information content (AvgIpc) is 3.05. The van der Waals surface area contributed by atoms with Crippen LogP contribution in [0.3, 0.4) is 0 Å². The molecule has 2 aliphatic heterocycles. The summed E-state index contributed by atoms with van der Waals surface area (Å²) in [5, 5.41) is 7.44. The predicted octanol–water partition coefficient (Wildman–Crippen LogP) is 6.89. The van der Waals surface area contributed by atoms with Gasteiger partial charge in [0.25, 0.3) is 5.91 Å². The second kappa shape index (κ2) is 15.3. The molecule has 14 heteroatoms. The fourth-order valence-corrected chi connectivity index (χ4v) is 5.96. The zero-order valence-corrected chi connectivity index (χ0v) is 26.1. The minimum Gasteiger partial charge on any atom is -0.379 e. The Morgan fingerprint density at radius 1 is 0.771 bits per heavy atom. The molecular formula is C34H37F6N5O3. The van der Waals surface area contributed by atoms with Gasteiger partial charge in [0.15, 0.2) is 0 Å². The van der Waals surface area contributed by atoms with Gasteiger partial charge in [0.05, 0.1) is 29.9 Å². The summed E-state index contributed by atoms with van der Waals surface area (Å²) in [5.74, 6) is 0.106. The van der Waals surface area contributed by atoms with Crippen LogP contribution >= 0.6 is 0 Å². The molecule has 2 heterocycles. The summed E-state index contributed by atoms with van der Waals surface area (Å²) < 4.78 is 85.2. The van der Waals surface area contributed by atoms with E-state index in [4.69, 9.17) is 4.74 Å². The molecule has 3 amide bonds. The van der Waals surface area contributed by atoms with Gasteiger partial charge in [-0.1, -0.05) is 30.3 Å². The topological polar surface area (TPSA) is 85.9 Å². The van der Waals surface area contributed by atoms with E-state index in [2.05, 4.69) is 37.9 Å². The summed E-state index contributed by atoms with van der Waals surface area (Å²) in [4.78, 5) is 30.6. The van der Waals surface area contributed by atoms with Gasteiger partial charge in [-0.2, -0.15) is 26.3 Å². The van der Waals surface area contributed by atoms with Crippen LogP contribution in [0.1, 0.15) is 39.9 Å². The lowest BCUT2D eigenvalue weighted by Crippen LogP contribution is -2.41. The molecule has 5 rings (SSSR count). The Labute approximate surface area is 274 Å². The van der Waals surface area contributed by atoms with Crippen molar-refractivity contribution in [2.75, 3.05) is 68.0 Å². The number of nitrogens with one attached hydrogen (secondary N) is 3. The number of hydrogen-bond donors (Lipinski definition) is 3. The Hall–Kier alpha value is -4.30. The highest BCUT2D eigenvalue weighted by molar-refractivity contribution is 6.04. The number of benzene rings is 3. The first-order chi connectivity index (χ1) is 22.8. The average molecular weight is 678 g/mol. The van der Waals surface area contributed by atoms with Crippen molar-refractivity contribution in [2.45, 2.75) is 31.6 Å². The normalized spacial score (nSPS) is 16.4. The second-order valence-electron chi connectivity index (χ2n) is 11.9. The number of halogens is 6. The van der Waals surface area contributed by atoms with Gasteiger partial charge in [0, 0.05) is 56.3 Å². The monoisotopic (exact) mass is 677 g/mol. The number of carbonyl (C=O) groups is 2. The van der Waals surface area contributed by atoms with E-state index in [1.165, 1.54) is 11.6 Å². The van der Waals surface area contributed by atoms with Gasteiger partial charge in [0.2, 0.25) is 0 Å². The van der Waals surface area contributed by atoms with Crippen LogP contribution < -0.4 is 20.9 Å². The van der Waals surface area contributed by atoms with Crippen molar-refractivity contribution in [3.05, 3.63) is 89.0 Å². The molecule has 0 saturated carbocycles. The Morgan fingerprint density at radius 2 is 1.40 bits per heavy atom. The van der Waals surface area contributed by atoms with Gasteiger partial charge in [0.1, 0.15) is 0 Å². The largest absolute Gasteiger partial charge is 0.416 e. The van der Waals surface area contributed by atoms with Crippen molar-refractivity contribution in [1.82, 2.24) is 10.2 Å². The van der Waals surface area contributed by atoms with Crippen LogP contribution in [-0.2, 0) is 23.5 Å².